The number of para-hydroxylation sites is 1. The third kappa shape index (κ3) is 9.99. The summed E-state index contributed by atoms with van der Waals surface area (Å²) in [6.45, 7) is 2.30. The number of aromatic nitrogens is 1. The highest BCUT2D eigenvalue weighted by Gasteiger charge is 2.24. The van der Waals surface area contributed by atoms with E-state index in [2.05, 4.69) is 20.9 Å². The first kappa shape index (κ1) is 38.4. The summed E-state index contributed by atoms with van der Waals surface area (Å²) in [4.78, 5) is 46.4. The van der Waals surface area contributed by atoms with Gasteiger partial charge in [-0.2, -0.15) is 0 Å². The fourth-order valence-electron chi connectivity index (χ4n) is 5.50. The molecule has 5 aromatic carbocycles. The first-order valence-corrected chi connectivity index (χ1v) is 19.0. The molecule has 0 radical (unpaired) electrons. The number of nitrogens with one attached hydrogen (secondary N) is 3. The second-order valence-corrected chi connectivity index (χ2v) is 13.9. The smallest absolute Gasteiger partial charge is 0.272 e. The van der Waals surface area contributed by atoms with E-state index in [9.17, 15) is 14.4 Å². The molecule has 55 heavy (non-hydrogen) atoms. The molecule has 3 amide bonds. The number of carbonyl (C=O) groups is 3. The summed E-state index contributed by atoms with van der Waals surface area (Å²) in [5, 5.41) is 10.4. The van der Waals surface area contributed by atoms with Crippen molar-refractivity contribution in [1.29, 1.82) is 0 Å². The lowest BCUT2D eigenvalue weighted by molar-refractivity contribution is -0.116. The SMILES string of the molecule is CCOc1ccccc1/C=C(/NC(=O)c1ccccc1)C(=O)Nc1cccc(SC(C(=O)Nc2nc(-c3ccc(OC)c(OC)c3)cs2)c2ccccc2)c1. The van der Waals surface area contributed by atoms with Gasteiger partial charge in [-0.05, 0) is 73.2 Å². The Kier molecular flexibility index (Phi) is 13.0. The largest absolute Gasteiger partial charge is 0.493 e. The summed E-state index contributed by atoms with van der Waals surface area (Å²) in [6.07, 6.45) is 1.59. The summed E-state index contributed by atoms with van der Waals surface area (Å²) < 4.78 is 16.6. The van der Waals surface area contributed by atoms with Gasteiger partial charge in [-0.1, -0.05) is 72.8 Å². The average Bonchev–Trinajstić information content (AvgIpc) is 3.69. The minimum absolute atomic E-state index is 0.0245. The van der Waals surface area contributed by atoms with Crippen molar-refractivity contribution in [3.8, 4) is 28.5 Å². The van der Waals surface area contributed by atoms with Crippen LogP contribution in [0, 0.1) is 0 Å². The quantitative estimate of drug-likeness (QED) is 0.0697. The van der Waals surface area contributed by atoms with Gasteiger partial charge in [0.1, 0.15) is 16.7 Å². The molecule has 0 bridgehead atoms. The number of anilines is 2. The highest BCUT2D eigenvalue weighted by molar-refractivity contribution is 8.00. The molecular formula is C43H38N4O6S2. The van der Waals surface area contributed by atoms with E-state index in [4.69, 9.17) is 14.2 Å². The molecule has 12 heteroatoms. The fraction of sp³-hybridized carbons (Fsp3) is 0.116. The predicted molar refractivity (Wildman–Crippen MR) is 219 cm³/mol. The number of rotatable bonds is 15. The Bertz CT molecular complexity index is 2300. The van der Waals surface area contributed by atoms with Crippen LogP contribution in [0.15, 0.2) is 143 Å². The van der Waals surface area contributed by atoms with Crippen LogP contribution in [0.2, 0.25) is 0 Å². The molecule has 6 aromatic rings. The second-order valence-electron chi connectivity index (χ2n) is 11.8. The summed E-state index contributed by atoms with van der Waals surface area (Å²) >= 11 is 2.65. The number of amides is 3. The maximum absolute atomic E-state index is 13.9. The van der Waals surface area contributed by atoms with Crippen LogP contribution in [-0.4, -0.2) is 43.5 Å². The van der Waals surface area contributed by atoms with Gasteiger partial charge in [-0.15, -0.1) is 23.1 Å². The van der Waals surface area contributed by atoms with Crippen molar-refractivity contribution in [2.75, 3.05) is 31.5 Å². The number of thioether (sulfide) groups is 1. The molecule has 0 spiro atoms. The van der Waals surface area contributed by atoms with Crippen molar-refractivity contribution in [3.63, 3.8) is 0 Å². The Morgan fingerprint density at radius 3 is 2.25 bits per heavy atom. The van der Waals surface area contributed by atoms with Crippen molar-refractivity contribution in [2.24, 2.45) is 0 Å². The van der Waals surface area contributed by atoms with Gasteiger partial charge in [0.15, 0.2) is 16.6 Å². The third-order valence-corrected chi connectivity index (χ3v) is 10.2. The zero-order valence-corrected chi connectivity index (χ0v) is 31.9. The van der Waals surface area contributed by atoms with Crippen LogP contribution in [0.25, 0.3) is 17.3 Å². The van der Waals surface area contributed by atoms with E-state index < -0.39 is 17.1 Å². The number of benzene rings is 5. The topological polar surface area (TPSA) is 128 Å². The number of hydrogen-bond donors (Lipinski definition) is 3. The van der Waals surface area contributed by atoms with Crippen molar-refractivity contribution in [1.82, 2.24) is 10.3 Å². The van der Waals surface area contributed by atoms with Crippen molar-refractivity contribution < 1.29 is 28.6 Å². The van der Waals surface area contributed by atoms with E-state index in [0.717, 1.165) is 16.0 Å². The molecule has 0 fully saturated rings. The molecular weight excluding hydrogens is 733 g/mol. The Morgan fingerprint density at radius 1 is 0.782 bits per heavy atom. The first-order chi connectivity index (χ1) is 26.8. The number of methoxy groups -OCH3 is 2. The molecule has 278 valence electrons. The third-order valence-electron chi connectivity index (χ3n) is 8.15. The zero-order chi connectivity index (χ0) is 38.6. The van der Waals surface area contributed by atoms with E-state index in [1.54, 1.807) is 68.8 Å². The van der Waals surface area contributed by atoms with Gasteiger partial charge in [0.25, 0.3) is 11.8 Å². The Morgan fingerprint density at radius 2 is 1.51 bits per heavy atom. The van der Waals surface area contributed by atoms with Gasteiger partial charge in [0.2, 0.25) is 5.91 Å². The van der Waals surface area contributed by atoms with Crippen LogP contribution in [-0.2, 0) is 9.59 Å². The van der Waals surface area contributed by atoms with Gasteiger partial charge >= 0.3 is 0 Å². The van der Waals surface area contributed by atoms with Crippen LogP contribution in [0.3, 0.4) is 0 Å². The van der Waals surface area contributed by atoms with Crippen LogP contribution in [0.4, 0.5) is 10.8 Å². The summed E-state index contributed by atoms with van der Waals surface area (Å²) in [5.74, 6) is 0.519. The molecule has 0 aliphatic rings. The van der Waals surface area contributed by atoms with Gasteiger partial charge < -0.3 is 30.2 Å². The number of ether oxygens (including phenoxy) is 3. The molecule has 1 atom stereocenters. The number of carbonyl (C=O) groups excluding carboxylic acids is 3. The van der Waals surface area contributed by atoms with Gasteiger partial charge in [-0.25, -0.2) is 4.98 Å². The number of hydrogen-bond acceptors (Lipinski definition) is 9. The van der Waals surface area contributed by atoms with Gasteiger partial charge in [0.05, 0.1) is 26.5 Å². The Hall–Kier alpha value is -6.37. The Labute approximate surface area is 327 Å². The standard InChI is InChI=1S/C43H38N4O6S2/c1-4-53-36-21-12-11-18-31(36)24-34(45-40(48)29-16-9-6-10-17-29)41(49)44-32-19-13-20-33(26-32)55-39(28-14-7-5-8-15-28)42(50)47-43-46-35(27-54-43)30-22-23-37(51-2)38(25-30)52-3/h5-27,39H,4H2,1-3H3,(H,44,49)(H,45,48)(H,46,47,50)/b34-24+. The molecule has 10 nitrogen and oxygen atoms in total. The van der Waals surface area contributed by atoms with Crippen molar-refractivity contribution >= 4 is 57.7 Å². The lowest BCUT2D eigenvalue weighted by atomic mass is 10.1. The summed E-state index contributed by atoms with van der Waals surface area (Å²) in [6, 6.07) is 38.1. The van der Waals surface area contributed by atoms with Crippen molar-refractivity contribution in [3.05, 3.63) is 155 Å². The van der Waals surface area contributed by atoms with Gasteiger partial charge in [0, 0.05) is 32.7 Å². The van der Waals surface area contributed by atoms with E-state index in [1.165, 1.54) is 23.1 Å². The van der Waals surface area contributed by atoms with Crippen LogP contribution < -0.4 is 30.2 Å². The molecule has 0 aliphatic carbocycles. The molecule has 6 rings (SSSR count). The van der Waals surface area contributed by atoms with Crippen LogP contribution in [0.1, 0.15) is 33.7 Å². The van der Waals surface area contributed by atoms with E-state index in [-0.39, 0.29) is 11.6 Å². The number of nitrogens with zero attached hydrogens (tertiary/aromatic N) is 1. The molecule has 1 aromatic heterocycles. The fourth-order valence-corrected chi connectivity index (χ4v) is 7.30. The first-order valence-electron chi connectivity index (χ1n) is 17.3. The van der Waals surface area contributed by atoms with Crippen molar-refractivity contribution in [2.45, 2.75) is 17.1 Å². The molecule has 0 saturated heterocycles. The normalized spacial score (nSPS) is 11.6. The molecule has 0 aliphatic heterocycles. The summed E-state index contributed by atoms with van der Waals surface area (Å²) in [5.41, 5.74) is 3.81. The second kappa shape index (κ2) is 18.6. The highest BCUT2D eigenvalue weighted by atomic mass is 32.2. The van der Waals surface area contributed by atoms with Crippen LogP contribution >= 0.6 is 23.1 Å². The van der Waals surface area contributed by atoms with Crippen LogP contribution in [0.5, 0.6) is 17.2 Å². The molecule has 3 N–H and O–H groups in total. The highest BCUT2D eigenvalue weighted by Crippen LogP contribution is 2.38. The average molecular weight is 771 g/mol. The molecule has 0 saturated carbocycles. The monoisotopic (exact) mass is 770 g/mol. The zero-order valence-electron chi connectivity index (χ0n) is 30.3. The lowest BCUT2D eigenvalue weighted by Gasteiger charge is -2.17. The number of thiazole rings is 1. The maximum Gasteiger partial charge on any atom is 0.272 e. The minimum Gasteiger partial charge on any atom is -0.493 e. The van der Waals surface area contributed by atoms with E-state index in [0.29, 0.717) is 51.5 Å². The van der Waals surface area contributed by atoms with E-state index in [1.807, 2.05) is 91.2 Å². The summed E-state index contributed by atoms with van der Waals surface area (Å²) in [7, 11) is 3.15. The molecule has 1 unspecified atom stereocenters. The molecule has 1 heterocycles. The Balaban J connectivity index is 1.22. The maximum atomic E-state index is 13.9. The van der Waals surface area contributed by atoms with E-state index >= 15 is 0 Å². The van der Waals surface area contributed by atoms with Gasteiger partial charge in [-0.3, -0.25) is 14.4 Å². The lowest BCUT2D eigenvalue weighted by Crippen LogP contribution is -2.30. The predicted octanol–water partition coefficient (Wildman–Crippen LogP) is 9.11. The minimum atomic E-state index is -0.656.